The minimum absolute atomic E-state index is 1.06. The number of benzene rings is 1. The Morgan fingerprint density at radius 3 is 2.69 bits per heavy atom. The van der Waals surface area contributed by atoms with Gasteiger partial charge in [0.25, 0.3) is 0 Å². The van der Waals surface area contributed by atoms with E-state index in [-0.39, 0.29) is 0 Å². The minimum atomic E-state index is 1.06. The SMILES string of the molecule is CN(C)CCNCCSc1ccccc1Br. The van der Waals surface area contributed by atoms with Crippen LogP contribution >= 0.6 is 27.7 Å². The molecule has 0 saturated carbocycles. The molecule has 1 aromatic carbocycles. The number of nitrogens with zero attached hydrogens (tertiary/aromatic N) is 1. The van der Waals surface area contributed by atoms with Crippen molar-refractivity contribution in [3.8, 4) is 0 Å². The second-order valence-electron chi connectivity index (χ2n) is 3.83. The summed E-state index contributed by atoms with van der Waals surface area (Å²) >= 11 is 5.43. The molecule has 0 spiro atoms. The lowest BCUT2D eigenvalue weighted by molar-refractivity contribution is 0.403. The van der Waals surface area contributed by atoms with Crippen LogP contribution in [0.4, 0.5) is 0 Å². The van der Waals surface area contributed by atoms with Crippen LogP contribution in [0.25, 0.3) is 0 Å². The van der Waals surface area contributed by atoms with Crippen molar-refractivity contribution in [1.82, 2.24) is 10.2 Å². The van der Waals surface area contributed by atoms with Crippen molar-refractivity contribution >= 4 is 27.7 Å². The van der Waals surface area contributed by atoms with Gasteiger partial charge in [0.1, 0.15) is 0 Å². The molecule has 0 bridgehead atoms. The van der Waals surface area contributed by atoms with Gasteiger partial charge in [0.2, 0.25) is 0 Å². The normalized spacial score (nSPS) is 11.0. The molecule has 1 N–H and O–H groups in total. The van der Waals surface area contributed by atoms with E-state index in [4.69, 9.17) is 0 Å². The predicted octanol–water partition coefficient (Wildman–Crippen LogP) is 2.69. The highest BCUT2D eigenvalue weighted by Gasteiger charge is 1.98. The molecule has 0 radical (unpaired) electrons. The monoisotopic (exact) mass is 302 g/mol. The molecule has 1 rings (SSSR count). The molecular weight excluding hydrogens is 284 g/mol. The Kier molecular flexibility index (Phi) is 7.12. The van der Waals surface area contributed by atoms with Crippen LogP contribution in [0.1, 0.15) is 0 Å². The Morgan fingerprint density at radius 2 is 2.00 bits per heavy atom. The number of likely N-dealkylation sites (N-methyl/N-ethyl adjacent to an activating group) is 1. The fourth-order valence-electron chi connectivity index (χ4n) is 1.22. The molecule has 16 heavy (non-hydrogen) atoms. The molecule has 0 aliphatic heterocycles. The molecule has 0 saturated heterocycles. The van der Waals surface area contributed by atoms with Crippen molar-refractivity contribution in [1.29, 1.82) is 0 Å². The Hall–Kier alpha value is -0.0300. The summed E-state index contributed by atoms with van der Waals surface area (Å²) in [6.45, 7) is 3.21. The van der Waals surface area contributed by atoms with Crippen LogP contribution < -0.4 is 5.32 Å². The van der Waals surface area contributed by atoms with Crippen molar-refractivity contribution in [3.63, 3.8) is 0 Å². The van der Waals surface area contributed by atoms with E-state index >= 15 is 0 Å². The van der Waals surface area contributed by atoms with Crippen LogP contribution in [-0.2, 0) is 0 Å². The Balaban J connectivity index is 2.10. The maximum Gasteiger partial charge on any atom is 0.0311 e. The van der Waals surface area contributed by atoms with Crippen LogP contribution in [0.2, 0.25) is 0 Å². The summed E-state index contributed by atoms with van der Waals surface area (Å²) in [6.07, 6.45) is 0. The third-order valence-electron chi connectivity index (χ3n) is 2.11. The summed E-state index contributed by atoms with van der Waals surface area (Å²) in [4.78, 5) is 3.51. The predicted molar refractivity (Wildman–Crippen MR) is 76.3 cm³/mol. The van der Waals surface area contributed by atoms with Crippen LogP contribution in [0.3, 0.4) is 0 Å². The molecule has 0 heterocycles. The standard InChI is InChI=1S/C12H19BrN2S/c1-15(2)9-7-14-8-10-16-12-6-4-3-5-11(12)13/h3-6,14H,7-10H2,1-2H3. The van der Waals surface area contributed by atoms with E-state index < -0.39 is 0 Å². The first-order chi connectivity index (χ1) is 7.70. The van der Waals surface area contributed by atoms with Crippen LogP contribution in [-0.4, -0.2) is 44.4 Å². The second kappa shape index (κ2) is 8.12. The summed E-state index contributed by atoms with van der Waals surface area (Å²) in [7, 11) is 4.19. The van der Waals surface area contributed by atoms with E-state index in [9.17, 15) is 0 Å². The Morgan fingerprint density at radius 1 is 1.25 bits per heavy atom. The zero-order chi connectivity index (χ0) is 11.8. The van der Waals surface area contributed by atoms with Crippen molar-refractivity contribution in [2.24, 2.45) is 0 Å². The van der Waals surface area contributed by atoms with Gasteiger partial charge in [-0.25, -0.2) is 0 Å². The molecule has 0 unspecified atom stereocenters. The number of hydrogen-bond acceptors (Lipinski definition) is 3. The summed E-state index contributed by atoms with van der Waals surface area (Å²) in [5.74, 6) is 1.11. The Labute approximate surface area is 111 Å². The maximum absolute atomic E-state index is 3.55. The van der Waals surface area contributed by atoms with Gasteiger partial charge in [-0.1, -0.05) is 12.1 Å². The largest absolute Gasteiger partial charge is 0.315 e. The summed E-state index contributed by atoms with van der Waals surface area (Å²) in [5.41, 5.74) is 0. The van der Waals surface area contributed by atoms with Crippen molar-refractivity contribution in [3.05, 3.63) is 28.7 Å². The lowest BCUT2D eigenvalue weighted by Gasteiger charge is -2.10. The Bertz CT molecular complexity index is 305. The number of rotatable bonds is 7. The maximum atomic E-state index is 3.55. The summed E-state index contributed by atoms with van der Waals surface area (Å²) < 4.78 is 1.19. The van der Waals surface area contributed by atoms with E-state index in [0.29, 0.717) is 0 Å². The van der Waals surface area contributed by atoms with Gasteiger partial charge in [0, 0.05) is 34.8 Å². The van der Waals surface area contributed by atoms with Gasteiger partial charge in [-0.05, 0) is 42.2 Å². The smallest absolute Gasteiger partial charge is 0.0311 e. The van der Waals surface area contributed by atoms with Gasteiger partial charge in [0.15, 0.2) is 0 Å². The van der Waals surface area contributed by atoms with Gasteiger partial charge >= 0.3 is 0 Å². The fraction of sp³-hybridized carbons (Fsp3) is 0.500. The molecule has 4 heteroatoms. The van der Waals surface area contributed by atoms with E-state index in [1.807, 2.05) is 17.8 Å². The first kappa shape index (κ1) is 14.0. The third kappa shape index (κ3) is 5.89. The molecule has 0 aliphatic rings. The molecule has 0 aromatic heterocycles. The van der Waals surface area contributed by atoms with Gasteiger partial charge < -0.3 is 10.2 Å². The van der Waals surface area contributed by atoms with E-state index in [2.05, 4.69) is 58.4 Å². The van der Waals surface area contributed by atoms with Gasteiger partial charge in [-0.15, -0.1) is 11.8 Å². The molecule has 1 aromatic rings. The highest BCUT2D eigenvalue weighted by atomic mass is 79.9. The highest BCUT2D eigenvalue weighted by molar-refractivity contribution is 9.10. The van der Waals surface area contributed by atoms with Crippen molar-refractivity contribution in [2.45, 2.75) is 4.90 Å². The van der Waals surface area contributed by atoms with Gasteiger partial charge in [-0.3, -0.25) is 0 Å². The molecule has 0 amide bonds. The number of thioether (sulfide) groups is 1. The zero-order valence-electron chi connectivity index (χ0n) is 9.87. The average molecular weight is 303 g/mol. The van der Waals surface area contributed by atoms with Crippen LogP contribution in [0.5, 0.6) is 0 Å². The average Bonchev–Trinajstić information content (AvgIpc) is 2.25. The first-order valence-corrected chi connectivity index (χ1v) is 7.21. The van der Waals surface area contributed by atoms with E-state index in [1.165, 1.54) is 9.37 Å². The molecule has 2 nitrogen and oxygen atoms in total. The molecule has 0 fully saturated rings. The van der Waals surface area contributed by atoms with Crippen molar-refractivity contribution < 1.29 is 0 Å². The number of hydrogen-bond donors (Lipinski definition) is 1. The van der Waals surface area contributed by atoms with Crippen molar-refractivity contribution in [2.75, 3.05) is 39.5 Å². The van der Waals surface area contributed by atoms with Gasteiger partial charge in [0.05, 0.1) is 0 Å². The topological polar surface area (TPSA) is 15.3 Å². The minimum Gasteiger partial charge on any atom is -0.315 e. The molecule has 0 atom stereocenters. The van der Waals surface area contributed by atoms with E-state index in [1.54, 1.807) is 0 Å². The second-order valence-corrected chi connectivity index (χ2v) is 5.82. The number of nitrogens with one attached hydrogen (secondary N) is 1. The van der Waals surface area contributed by atoms with Gasteiger partial charge in [-0.2, -0.15) is 0 Å². The summed E-state index contributed by atoms with van der Waals surface area (Å²) in [5, 5.41) is 3.43. The van der Waals surface area contributed by atoms with Crippen LogP contribution in [0.15, 0.2) is 33.6 Å². The molecular formula is C12H19BrN2S. The molecule has 0 aliphatic carbocycles. The van der Waals surface area contributed by atoms with Crippen LogP contribution in [0, 0.1) is 0 Å². The fourth-order valence-corrected chi connectivity index (χ4v) is 2.70. The molecule has 90 valence electrons. The highest BCUT2D eigenvalue weighted by Crippen LogP contribution is 2.26. The third-order valence-corrected chi connectivity index (χ3v) is 4.14. The lowest BCUT2D eigenvalue weighted by atomic mass is 10.4. The quantitative estimate of drug-likeness (QED) is 0.616. The first-order valence-electron chi connectivity index (χ1n) is 5.43. The number of halogens is 1. The van der Waals surface area contributed by atoms with E-state index in [0.717, 1.165) is 25.4 Å². The zero-order valence-corrected chi connectivity index (χ0v) is 12.3. The lowest BCUT2D eigenvalue weighted by Crippen LogP contribution is -2.27. The summed E-state index contributed by atoms with van der Waals surface area (Å²) in [6, 6.07) is 8.35.